The first kappa shape index (κ1) is 10.3. The maximum atomic E-state index is 12.2. The molecule has 0 aliphatic carbocycles. The lowest BCUT2D eigenvalue weighted by molar-refractivity contribution is 0.0754. The highest BCUT2D eigenvalue weighted by Crippen LogP contribution is 2.23. The van der Waals surface area contributed by atoms with Crippen LogP contribution in [0.2, 0.25) is 0 Å². The van der Waals surface area contributed by atoms with E-state index >= 15 is 0 Å². The van der Waals surface area contributed by atoms with Gasteiger partial charge in [-0.3, -0.25) is 9.78 Å². The first-order valence-corrected chi connectivity index (χ1v) is 6.04. The first-order chi connectivity index (χ1) is 8.25. The largest absolute Gasteiger partial charge is 0.328 e. The second-order valence-electron chi connectivity index (χ2n) is 3.96. The Bertz CT molecular complexity index is 555. The van der Waals surface area contributed by atoms with E-state index in [2.05, 4.69) is 14.6 Å². The fraction of sp³-hybridized carbons (Fsp3) is 0.273. The number of fused-ring (bicyclic) bond motifs is 1. The molecule has 0 fully saturated rings. The van der Waals surface area contributed by atoms with E-state index in [4.69, 9.17) is 0 Å². The van der Waals surface area contributed by atoms with Gasteiger partial charge in [-0.05, 0) is 30.1 Å². The molecule has 86 valence electrons. The molecule has 0 saturated carbocycles. The van der Waals surface area contributed by atoms with Gasteiger partial charge in [0.2, 0.25) is 0 Å². The number of hydrogen-bond donors (Lipinski definition) is 0. The minimum absolute atomic E-state index is 0.00417. The van der Waals surface area contributed by atoms with E-state index in [9.17, 15) is 4.79 Å². The van der Waals surface area contributed by atoms with Gasteiger partial charge in [0.05, 0.1) is 17.9 Å². The summed E-state index contributed by atoms with van der Waals surface area (Å²) in [4.78, 5) is 18.9. The molecule has 2 aromatic rings. The van der Waals surface area contributed by atoms with Crippen LogP contribution in [0.5, 0.6) is 0 Å². The molecular formula is C11H10N4OS. The average Bonchev–Trinajstić information content (AvgIpc) is 2.93. The van der Waals surface area contributed by atoms with Crippen LogP contribution in [-0.2, 0) is 13.1 Å². The highest BCUT2D eigenvalue weighted by atomic mass is 32.1. The van der Waals surface area contributed by atoms with Crippen LogP contribution in [0.3, 0.4) is 0 Å². The number of aromatic nitrogens is 3. The Kier molecular flexibility index (Phi) is 2.36. The molecule has 3 rings (SSSR count). The Balaban J connectivity index is 1.86. The summed E-state index contributed by atoms with van der Waals surface area (Å²) < 4.78 is 3.79. The predicted octanol–water partition coefficient (Wildman–Crippen LogP) is 1.40. The molecule has 5 nitrogen and oxygen atoms in total. The third kappa shape index (κ3) is 1.70. The van der Waals surface area contributed by atoms with Crippen molar-refractivity contribution in [3.8, 4) is 0 Å². The van der Waals surface area contributed by atoms with Gasteiger partial charge < -0.3 is 4.90 Å². The lowest BCUT2D eigenvalue weighted by atomic mass is 10.2. The second kappa shape index (κ2) is 3.89. The molecule has 0 N–H and O–H groups in total. The zero-order valence-electron chi connectivity index (χ0n) is 9.25. The number of amides is 1. The van der Waals surface area contributed by atoms with Crippen LogP contribution < -0.4 is 0 Å². The molecule has 0 spiro atoms. The normalized spacial score (nSPS) is 13.8. The van der Waals surface area contributed by atoms with Crippen LogP contribution in [0.4, 0.5) is 0 Å². The molecule has 2 aromatic heterocycles. The maximum absolute atomic E-state index is 12.2. The average molecular weight is 246 g/mol. The number of pyridine rings is 1. The smallest absolute Gasteiger partial charge is 0.268 e. The molecule has 0 atom stereocenters. The maximum Gasteiger partial charge on any atom is 0.268 e. The van der Waals surface area contributed by atoms with Gasteiger partial charge in [0.25, 0.3) is 5.91 Å². The van der Waals surface area contributed by atoms with Crippen molar-refractivity contribution in [2.45, 2.75) is 20.0 Å². The molecule has 1 amide bonds. The Morgan fingerprint density at radius 1 is 1.47 bits per heavy atom. The van der Waals surface area contributed by atoms with Gasteiger partial charge in [-0.15, -0.1) is 5.10 Å². The number of rotatable bonds is 1. The standard InChI is InChI=1S/C11H10N4OS/c1-7-10(17-14-13-7)11(16)15-5-8-3-2-4-12-9(8)6-15/h2-4H,5-6H2,1H3. The van der Waals surface area contributed by atoms with Gasteiger partial charge in [-0.25, -0.2) is 0 Å². The van der Waals surface area contributed by atoms with Crippen LogP contribution in [0, 0.1) is 6.92 Å². The fourth-order valence-electron chi connectivity index (χ4n) is 1.91. The van der Waals surface area contributed by atoms with Crippen molar-refractivity contribution in [1.82, 2.24) is 19.5 Å². The summed E-state index contributed by atoms with van der Waals surface area (Å²) in [5.41, 5.74) is 2.80. The fourth-order valence-corrected chi connectivity index (χ4v) is 2.54. The Morgan fingerprint density at radius 2 is 2.35 bits per heavy atom. The van der Waals surface area contributed by atoms with Gasteiger partial charge in [-0.2, -0.15) is 0 Å². The molecule has 3 heterocycles. The summed E-state index contributed by atoms with van der Waals surface area (Å²) in [6, 6.07) is 3.90. The number of nitrogens with zero attached hydrogens (tertiary/aromatic N) is 4. The Hall–Kier alpha value is -1.82. The van der Waals surface area contributed by atoms with Crippen molar-refractivity contribution in [2.75, 3.05) is 0 Å². The van der Waals surface area contributed by atoms with Crippen LogP contribution in [0.15, 0.2) is 18.3 Å². The topological polar surface area (TPSA) is 59.0 Å². The van der Waals surface area contributed by atoms with Crippen LogP contribution in [0.25, 0.3) is 0 Å². The van der Waals surface area contributed by atoms with E-state index in [0.29, 0.717) is 23.7 Å². The lowest BCUT2D eigenvalue weighted by Crippen LogP contribution is -2.25. The predicted molar refractivity (Wildman–Crippen MR) is 62.5 cm³/mol. The van der Waals surface area contributed by atoms with Crippen molar-refractivity contribution >= 4 is 17.4 Å². The van der Waals surface area contributed by atoms with Crippen molar-refractivity contribution in [2.24, 2.45) is 0 Å². The summed E-state index contributed by atoms with van der Waals surface area (Å²) >= 11 is 1.15. The number of aryl methyl sites for hydroxylation is 1. The number of hydrogen-bond acceptors (Lipinski definition) is 5. The lowest BCUT2D eigenvalue weighted by Gasteiger charge is -2.13. The highest BCUT2D eigenvalue weighted by molar-refractivity contribution is 7.07. The van der Waals surface area contributed by atoms with E-state index in [1.807, 2.05) is 12.1 Å². The van der Waals surface area contributed by atoms with E-state index in [-0.39, 0.29) is 5.91 Å². The van der Waals surface area contributed by atoms with E-state index in [1.165, 1.54) is 0 Å². The van der Waals surface area contributed by atoms with Crippen LogP contribution in [0.1, 0.15) is 26.6 Å². The summed E-state index contributed by atoms with van der Waals surface area (Å²) in [6.07, 6.45) is 1.76. The van der Waals surface area contributed by atoms with Gasteiger partial charge >= 0.3 is 0 Å². The zero-order valence-corrected chi connectivity index (χ0v) is 10.1. The van der Waals surface area contributed by atoms with E-state index < -0.39 is 0 Å². The molecule has 6 heteroatoms. The minimum Gasteiger partial charge on any atom is -0.328 e. The van der Waals surface area contributed by atoms with Crippen molar-refractivity contribution in [1.29, 1.82) is 0 Å². The minimum atomic E-state index is -0.00417. The third-order valence-electron chi connectivity index (χ3n) is 2.82. The summed E-state index contributed by atoms with van der Waals surface area (Å²) in [7, 11) is 0. The second-order valence-corrected chi connectivity index (χ2v) is 4.71. The van der Waals surface area contributed by atoms with E-state index in [1.54, 1.807) is 18.0 Å². The van der Waals surface area contributed by atoms with Gasteiger partial charge in [0.1, 0.15) is 4.88 Å². The molecule has 1 aliphatic heterocycles. The molecule has 0 unspecified atom stereocenters. The summed E-state index contributed by atoms with van der Waals surface area (Å²) in [5, 5.41) is 3.86. The zero-order chi connectivity index (χ0) is 11.8. The quantitative estimate of drug-likeness (QED) is 0.763. The van der Waals surface area contributed by atoms with Crippen molar-refractivity contribution < 1.29 is 4.79 Å². The highest BCUT2D eigenvalue weighted by Gasteiger charge is 2.27. The molecule has 17 heavy (non-hydrogen) atoms. The van der Waals surface area contributed by atoms with Crippen LogP contribution in [-0.4, -0.2) is 25.4 Å². The molecule has 0 radical (unpaired) electrons. The first-order valence-electron chi connectivity index (χ1n) is 5.26. The van der Waals surface area contributed by atoms with Gasteiger partial charge in [0.15, 0.2) is 0 Å². The van der Waals surface area contributed by atoms with Gasteiger partial charge in [0, 0.05) is 12.7 Å². The molecular weight excluding hydrogens is 236 g/mol. The SMILES string of the molecule is Cc1nnsc1C(=O)N1Cc2cccnc2C1. The Morgan fingerprint density at radius 3 is 3.06 bits per heavy atom. The number of carbonyl (C=O) groups is 1. The number of carbonyl (C=O) groups excluding carboxylic acids is 1. The summed E-state index contributed by atoms with van der Waals surface area (Å²) in [6.45, 7) is 3.00. The third-order valence-corrected chi connectivity index (χ3v) is 3.64. The van der Waals surface area contributed by atoms with Crippen molar-refractivity contribution in [3.63, 3.8) is 0 Å². The molecule has 0 bridgehead atoms. The van der Waals surface area contributed by atoms with E-state index in [0.717, 1.165) is 22.8 Å². The van der Waals surface area contributed by atoms with Crippen molar-refractivity contribution in [3.05, 3.63) is 40.2 Å². The molecule has 0 aromatic carbocycles. The molecule has 0 saturated heterocycles. The van der Waals surface area contributed by atoms with Gasteiger partial charge in [-0.1, -0.05) is 10.6 Å². The summed E-state index contributed by atoms with van der Waals surface area (Å²) in [5.74, 6) is -0.00417. The van der Waals surface area contributed by atoms with Crippen LogP contribution >= 0.6 is 11.5 Å². The molecule has 1 aliphatic rings. The Labute approximate surface area is 102 Å². The monoisotopic (exact) mass is 246 g/mol.